The van der Waals surface area contributed by atoms with Gasteiger partial charge in [-0.05, 0) is 25.5 Å². The minimum atomic E-state index is 1.03. The van der Waals surface area contributed by atoms with E-state index in [2.05, 4.69) is 24.6 Å². The Morgan fingerprint density at radius 1 is 1.24 bits per heavy atom. The lowest BCUT2D eigenvalue weighted by Crippen LogP contribution is -2.13. The van der Waals surface area contributed by atoms with Gasteiger partial charge in [0.05, 0.1) is 5.69 Å². The largest absolute Gasteiger partial charge is 0.323 e. The van der Waals surface area contributed by atoms with Crippen molar-refractivity contribution in [1.82, 2.24) is 4.57 Å². The van der Waals surface area contributed by atoms with Crippen LogP contribution in [0.4, 0.5) is 5.69 Å². The standard InChI is InChI=1S/C14H18N2S/c1-3-4-10-16-11-12(2)17-14(16)15-13-8-6-5-7-9-13/h5-9,11H,3-4,10H2,1-2H3/b15-14+. The molecule has 0 amide bonds. The van der Waals surface area contributed by atoms with E-state index in [1.54, 1.807) is 11.3 Å². The first-order valence-corrected chi connectivity index (χ1v) is 6.88. The van der Waals surface area contributed by atoms with Crippen LogP contribution in [0.2, 0.25) is 0 Å². The van der Waals surface area contributed by atoms with E-state index >= 15 is 0 Å². The Labute approximate surface area is 106 Å². The lowest BCUT2D eigenvalue weighted by molar-refractivity contribution is 0.618. The molecule has 0 aliphatic rings. The number of unbranched alkanes of at least 4 members (excludes halogenated alkanes) is 1. The van der Waals surface area contributed by atoms with Crippen molar-refractivity contribution < 1.29 is 0 Å². The van der Waals surface area contributed by atoms with Gasteiger partial charge in [0.25, 0.3) is 0 Å². The van der Waals surface area contributed by atoms with Crippen molar-refractivity contribution in [3.63, 3.8) is 0 Å². The molecule has 0 unspecified atom stereocenters. The molecule has 1 aromatic carbocycles. The van der Waals surface area contributed by atoms with E-state index in [1.807, 2.05) is 30.3 Å². The third-order valence-electron chi connectivity index (χ3n) is 2.57. The molecule has 0 saturated heterocycles. The third-order valence-corrected chi connectivity index (χ3v) is 3.50. The maximum absolute atomic E-state index is 4.70. The summed E-state index contributed by atoms with van der Waals surface area (Å²) in [6.45, 7) is 5.41. The van der Waals surface area contributed by atoms with Gasteiger partial charge in [-0.25, -0.2) is 4.99 Å². The van der Waals surface area contributed by atoms with Crippen LogP contribution in [0.15, 0.2) is 41.5 Å². The smallest absolute Gasteiger partial charge is 0.190 e. The van der Waals surface area contributed by atoms with Crippen LogP contribution < -0.4 is 4.80 Å². The van der Waals surface area contributed by atoms with Gasteiger partial charge in [-0.2, -0.15) is 0 Å². The Hall–Kier alpha value is -1.35. The maximum atomic E-state index is 4.70. The highest BCUT2D eigenvalue weighted by atomic mass is 32.1. The molecule has 0 aliphatic heterocycles. The summed E-state index contributed by atoms with van der Waals surface area (Å²) in [4.78, 5) is 7.11. The van der Waals surface area contributed by atoms with Gasteiger partial charge in [0.2, 0.25) is 0 Å². The van der Waals surface area contributed by atoms with Gasteiger partial charge in [0, 0.05) is 17.6 Å². The number of hydrogen-bond donors (Lipinski definition) is 0. The summed E-state index contributed by atoms with van der Waals surface area (Å²) in [5.41, 5.74) is 1.03. The highest BCUT2D eigenvalue weighted by molar-refractivity contribution is 7.09. The second kappa shape index (κ2) is 5.82. The molecule has 1 heterocycles. The van der Waals surface area contributed by atoms with E-state index in [0.29, 0.717) is 0 Å². The van der Waals surface area contributed by atoms with E-state index in [4.69, 9.17) is 4.99 Å². The molecule has 2 aromatic rings. The Balaban J connectivity index is 2.34. The first-order chi connectivity index (χ1) is 8.29. The van der Waals surface area contributed by atoms with Crippen LogP contribution in [0.25, 0.3) is 0 Å². The predicted molar refractivity (Wildman–Crippen MR) is 73.6 cm³/mol. The summed E-state index contributed by atoms with van der Waals surface area (Å²) in [7, 11) is 0. The van der Waals surface area contributed by atoms with Gasteiger partial charge >= 0.3 is 0 Å². The third kappa shape index (κ3) is 3.30. The van der Waals surface area contributed by atoms with Crippen LogP contribution in [-0.2, 0) is 6.54 Å². The summed E-state index contributed by atoms with van der Waals surface area (Å²) in [5.74, 6) is 0. The normalized spacial score (nSPS) is 12.0. The lowest BCUT2D eigenvalue weighted by Gasteiger charge is -2.00. The molecule has 0 bridgehead atoms. The molecular weight excluding hydrogens is 228 g/mol. The van der Waals surface area contributed by atoms with Gasteiger partial charge in [0.15, 0.2) is 4.80 Å². The molecule has 0 N–H and O–H groups in total. The van der Waals surface area contributed by atoms with Crippen molar-refractivity contribution in [2.24, 2.45) is 4.99 Å². The molecule has 2 rings (SSSR count). The molecule has 0 radical (unpaired) electrons. The van der Waals surface area contributed by atoms with Gasteiger partial charge in [-0.1, -0.05) is 31.5 Å². The number of thiazole rings is 1. The number of rotatable bonds is 4. The molecule has 0 atom stereocenters. The van der Waals surface area contributed by atoms with E-state index in [9.17, 15) is 0 Å². The molecule has 17 heavy (non-hydrogen) atoms. The first-order valence-electron chi connectivity index (χ1n) is 6.06. The Kier molecular flexibility index (Phi) is 4.15. The SMILES string of the molecule is CCCCn1cc(C)s/c1=N/c1ccccc1. The van der Waals surface area contributed by atoms with Crippen molar-refractivity contribution >= 4 is 17.0 Å². The highest BCUT2D eigenvalue weighted by Crippen LogP contribution is 2.10. The summed E-state index contributed by atoms with van der Waals surface area (Å²) in [5, 5.41) is 0. The second-order valence-electron chi connectivity index (χ2n) is 4.12. The number of aryl methyl sites for hydroxylation is 2. The summed E-state index contributed by atoms with van der Waals surface area (Å²) < 4.78 is 2.26. The summed E-state index contributed by atoms with van der Waals surface area (Å²) in [6.07, 6.45) is 4.62. The molecule has 0 saturated carbocycles. The molecule has 0 aliphatic carbocycles. The molecule has 0 fully saturated rings. The Morgan fingerprint density at radius 3 is 2.71 bits per heavy atom. The zero-order valence-electron chi connectivity index (χ0n) is 10.4. The van der Waals surface area contributed by atoms with Crippen molar-refractivity contribution in [2.75, 3.05) is 0 Å². The first kappa shape index (κ1) is 12.1. The van der Waals surface area contributed by atoms with Gasteiger partial charge in [0.1, 0.15) is 0 Å². The summed E-state index contributed by atoms with van der Waals surface area (Å²) >= 11 is 1.76. The monoisotopic (exact) mass is 246 g/mol. The highest BCUT2D eigenvalue weighted by Gasteiger charge is 1.98. The molecule has 3 heteroatoms. The fourth-order valence-corrected chi connectivity index (χ4v) is 2.57. The fourth-order valence-electron chi connectivity index (χ4n) is 1.69. The van der Waals surface area contributed by atoms with Crippen molar-refractivity contribution in [2.45, 2.75) is 33.2 Å². The average molecular weight is 246 g/mol. The number of benzene rings is 1. The van der Waals surface area contributed by atoms with E-state index in [1.165, 1.54) is 17.7 Å². The van der Waals surface area contributed by atoms with Crippen LogP contribution in [0.5, 0.6) is 0 Å². The van der Waals surface area contributed by atoms with Crippen LogP contribution in [-0.4, -0.2) is 4.57 Å². The van der Waals surface area contributed by atoms with Crippen LogP contribution in [0.3, 0.4) is 0 Å². The Morgan fingerprint density at radius 2 is 2.00 bits per heavy atom. The number of aromatic nitrogens is 1. The molecule has 1 aromatic heterocycles. The van der Waals surface area contributed by atoms with Crippen molar-refractivity contribution in [3.8, 4) is 0 Å². The Bertz CT molecular complexity index is 523. The predicted octanol–water partition coefficient (Wildman–Crippen LogP) is 3.89. The minimum absolute atomic E-state index is 1.03. The van der Waals surface area contributed by atoms with E-state index < -0.39 is 0 Å². The summed E-state index contributed by atoms with van der Waals surface area (Å²) in [6, 6.07) is 10.1. The molecule has 2 nitrogen and oxygen atoms in total. The quantitative estimate of drug-likeness (QED) is 0.778. The molecular formula is C14H18N2S. The number of para-hydroxylation sites is 1. The minimum Gasteiger partial charge on any atom is -0.323 e. The number of hydrogen-bond acceptors (Lipinski definition) is 2. The fraction of sp³-hybridized carbons (Fsp3) is 0.357. The molecule has 90 valence electrons. The van der Waals surface area contributed by atoms with Crippen LogP contribution in [0, 0.1) is 6.92 Å². The topological polar surface area (TPSA) is 17.3 Å². The lowest BCUT2D eigenvalue weighted by atomic mass is 10.3. The van der Waals surface area contributed by atoms with Gasteiger partial charge in [-0.15, -0.1) is 11.3 Å². The average Bonchev–Trinajstić information content (AvgIpc) is 2.68. The van der Waals surface area contributed by atoms with E-state index in [-0.39, 0.29) is 0 Å². The maximum Gasteiger partial charge on any atom is 0.190 e. The molecule has 0 spiro atoms. The van der Waals surface area contributed by atoms with Gasteiger partial charge < -0.3 is 4.57 Å². The van der Waals surface area contributed by atoms with Gasteiger partial charge in [-0.3, -0.25) is 0 Å². The number of nitrogens with zero attached hydrogens (tertiary/aromatic N) is 2. The van der Waals surface area contributed by atoms with E-state index in [0.717, 1.165) is 17.0 Å². The van der Waals surface area contributed by atoms with Crippen molar-refractivity contribution in [1.29, 1.82) is 0 Å². The van der Waals surface area contributed by atoms with Crippen LogP contribution >= 0.6 is 11.3 Å². The van der Waals surface area contributed by atoms with Crippen molar-refractivity contribution in [3.05, 3.63) is 46.2 Å². The second-order valence-corrected chi connectivity index (χ2v) is 5.33. The van der Waals surface area contributed by atoms with Crippen LogP contribution in [0.1, 0.15) is 24.6 Å². The zero-order chi connectivity index (χ0) is 12.1. The zero-order valence-corrected chi connectivity index (χ0v) is 11.2.